The molecule has 0 aromatic carbocycles. The molecule has 0 radical (unpaired) electrons. The van der Waals surface area contributed by atoms with E-state index in [1.165, 1.54) is 6.33 Å². The summed E-state index contributed by atoms with van der Waals surface area (Å²) in [5.41, 5.74) is 0.877. The SMILES string of the molecule is CN(C)/C=N\c1ncnn2c(Br)ccc12. The van der Waals surface area contributed by atoms with E-state index < -0.39 is 0 Å². The van der Waals surface area contributed by atoms with Gasteiger partial charge in [-0.1, -0.05) is 0 Å². The molecule has 0 spiro atoms. The van der Waals surface area contributed by atoms with Crippen LogP contribution >= 0.6 is 15.9 Å². The van der Waals surface area contributed by atoms with Crippen LogP contribution in [0.25, 0.3) is 5.52 Å². The van der Waals surface area contributed by atoms with Crippen molar-refractivity contribution in [1.29, 1.82) is 0 Å². The van der Waals surface area contributed by atoms with Crippen molar-refractivity contribution < 1.29 is 0 Å². The third-order valence-electron chi connectivity index (χ3n) is 1.80. The fourth-order valence-electron chi connectivity index (χ4n) is 1.16. The number of aromatic nitrogens is 3. The largest absolute Gasteiger partial charge is 0.369 e. The van der Waals surface area contributed by atoms with Gasteiger partial charge in [0.05, 0.1) is 6.34 Å². The van der Waals surface area contributed by atoms with Crippen molar-refractivity contribution in [2.75, 3.05) is 14.1 Å². The molecule has 0 fully saturated rings. The average Bonchev–Trinajstić information content (AvgIpc) is 2.58. The minimum atomic E-state index is 0.657. The third-order valence-corrected chi connectivity index (χ3v) is 2.40. The molecule has 2 heterocycles. The number of hydrogen-bond donors (Lipinski definition) is 0. The Balaban J connectivity index is 2.52. The Morgan fingerprint density at radius 2 is 2.27 bits per heavy atom. The van der Waals surface area contributed by atoms with Crippen LogP contribution in [-0.2, 0) is 0 Å². The summed E-state index contributed by atoms with van der Waals surface area (Å²) >= 11 is 3.39. The summed E-state index contributed by atoms with van der Waals surface area (Å²) in [4.78, 5) is 10.2. The van der Waals surface area contributed by atoms with Gasteiger partial charge >= 0.3 is 0 Å². The topological polar surface area (TPSA) is 45.8 Å². The van der Waals surface area contributed by atoms with Gasteiger partial charge in [-0.2, -0.15) is 5.10 Å². The van der Waals surface area contributed by atoms with Crippen LogP contribution in [0.2, 0.25) is 0 Å². The first kappa shape index (κ1) is 10.1. The summed E-state index contributed by atoms with van der Waals surface area (Å²) < 4.78 is 2.64. The first-order valence-electron chi connectivity index (χ1n) is 4.37. The highest BCUT2D eigenvalue weighted by molar-refractivity contribution is 9.10. The second kappa shape index (κ2) is 3.98. The molecule has 6 heteroatoms. The fourth-order valence-corrected chi connectivity index (χ4v) is 1.57. The molecule has 78 valence electrons. The summed E-state index contributed by atoms with van der Waals surface area (Å²) in [7, 11) is 3.83. The highest BCUT2D eigenvalue weighted by Crippen LogP contribution is 2.21. The zero-order chi connectivity index (χ0) is 10.8. The van der Waals surface area contributed by atoms with E-state index in [0.29, 0.717) is 5.82 Å². The number of nitrogens with zero attached hydrogens (tertiary/aromatic N) is 5. The summed E-state index contributed by atoms with van der Waals surface area (Å²) in [6, 6.07) is 3.84. The number of fused-ring (bicyclic) bond motifs is 1. The Kier molecular flexibility index (Phi) is 2.68. The van der Waals surface area contributed by atoms with E-state index in [4.69, 9.17) is 0 Å². The lowest BCUT2D eigenvalue weighted by Crippen LogP contribution is -2.07. The van der Waals surface area contributed by atoms with Gasteiger partial charge in [0.15, 0.2) is 5.82 Å². The Morgan fingerprint density at radius 1 is 1.47 bits per heavy atom. The summed E-state index contributed by atoms with van der Waals surface area (Å²) in [6.07, 6.45) is 3.20. The molecule has 0 aliphatic carbocycles. The second-order valence-corrected chi connectivity index (χ2v) is 4.06. The summed E-state index contributed by atoms with van der Waals surface area (Å²) in [6.45, 7) is 0. The van der Waals surface area contributed by atoms with Gasteiger partial charge in [-0.25, -0.2) is 14.5 Å². The lowest BCUT2D eigenvalue weighted by Gasteiger charge is -2.02. The maximum absolute atomic E-state index is 4.26. The molecule has 0 aliphatic heterocycles. The molecule has 2 aromatic rings. The molecular weight excluding hydrogens is 258 g/mol. The maximum atomic E-state index is 4.26. The molecule has 0 bridgehead atoms. The van der Waals surface area contributed by atoms with E-state index in [1.54, 1.807) is 10.9 Å². The normalized spacial score (nSPS) is 11.4. The zero-order valence-corrected chi connectivity index (χ0v) is 10.0. The van der Waals surface area contributed by atoms with Crippen molar-refractivity contribution in [3.63, 3.8) is 0 Å². The third kappa shape index (κ3) is 1.99. The van der Waals surface area contributed by atoms with Gasteiger partial charge in [-0.3, -0.25) is 0 Å². The monoisotopic (exact) mass is 267 g/mol. The van der Waals surface area contributed by atoms with Gasteiger partial charge in [-0.05, 0) is 28.1 Å². The van der Waals surface area contributed by atoms with Gasteiger partial charge in [0.2, 0.25) is 0 Å². The van der Waals surface area contributed by atoms with Crippen molar-refractivity contribution >= 4 is 33.6 Å². The number of rotatable bonds is 2. The first-order valence-corrected chi connectivity index (χ1v) is 5.16. The van der Waals surface area contributed by atoms with Gasteiger partial charge < -0.3 is 4.90 Å². The van der Waals surface area contributed by atoms with Gasteiger partial charge in [0.25, 0.3) is 0 Å². The fraction of sp³-hybridized carbons (Fsp3) is 0.222. The van der Waals surface area contributed by atoms with E-state index in [-0.39, 0.29) is 0 Å². The Morgan fingerprint density at radius 3 is 3.00 bits per heavy atom. The predicted molar refractivity (Wildman–Crippen MR) is 62.5 cm³/mol. The Hall–Kier alpha value is -1.43. The quantitative estimate of drug-likeness (QED) is 0.615. The van der Waals surface area contributed by atoms with Gasteiger partial charge in [0, 0.05) is 14.1 Å². The van der Waals surface area contributed by atoms with Crippen molar-refractivity contribution in [1.82, 2.24) is 19.5 Å². The molecule has 0 unspecified atom stereocenters. The summed E-state index contributed by atoms with van der Waals surface area (Å²) in [5, 5.41) is 4.10. The molecule has 2 aromatic heterocycles. The smallest absolute Gasteiger partial charge is 0.181 e. The van der Waals surface area contributed by atoms with E-state index >= 15 is 0 Å². The second-order valence-electron chi connectivity index (χ2n) is 3.24. The van der Waals surface area contributed by atoms with Crippen LogP contribution in [0.5, 0.6) is 0 Å². The van der Waals surface area contributed by atoms with E-state index in [2.05, 4.69) is 31.0 Å². The van der Waals surface area contributed by atoms with Crippen molar-refractivity contribution in [3.8, 4) is 0 Å². The number of hydrogen-bond acceptors (Lipinski definition) is 3. The van der Waals surface area contributed by atoms with Crippen molar-refractivity contribution in [2.45, 2.75) is 0 Å². The molecular formula is C9H10BrN5. The van der Waals surface area contributed by atoms with E-state index in [1.807, 2.05) is 31.1 Å². The van der Waals surface area contributed by atoms with Crippen LogP contribution in [0.4, 0.5) is 5.82 Å². The maximum Gasteiger partial charge on any atom is 0.181 e. The average molecular weight is 268 g/mol. The molecule has 0 atom stereocenters. The molecule has 0 amide bonds. The lowest BCUT2D eigenvalue weighted by atomic mass is 10.5. The molecule has 0 aliphatic rings. The lowest BCUT2D eigenvalue weighted by molar-refractivity contribution is 0.643. The van der Waals surface area contributed by atoms with Crippen LogP contribution in [0.15, 0.2) is 28.1 Å². The van der Waals surface area contributed by atoms with Crippen LogP contribution in [0, 0.1) is 0 Å². The van der Waals surface area contributed by atoms with Crippen molar-refractivity contribution in [2.24, 2.45) is 4.99 Å². The molecule has 0 saturated carbocycles. The predicted octanol–water partition coefficient (Wildman–Crippen LogP) is 1.71. The standard InChI is InChI=1S/C9H10BrN5/c1-14(2)6-12-9-7-3-4-8(10)15(7)13-5-11-9/h3-6H,1-2H3/b12-6-. The van der Waals surface area contributed by atoms with Gasteiger partial charge in [0.1, 0.15) is 16.4 Å². The molecule has 5 nitrogen and oxygen atoms in total. The number of halogens is 1. The Labute approximate surface area is 95.6 Å². The first-order chi connectivity index (χ1) is 7.18. The molecule has 2 rings (SSSR count). The Bertz CT molecular complexity index is 502. The van der Waals surface area contributed by atoms with Crippen LogP contribution < -0.4 is 0 Å². The van der Waals surface area contributed by atoms with E-state index in [9.17, 15) is 0 Å². The zero-order valence-electron chi connectivity index (χ0n) is 8.42. The molecule has 15 heavy (non-hydrogen) atoms. The summed E-state index contributed by atoms with van der Waals surface area (Å²) in [5.74, 6) is 0.657. The molecule has 0 saturated heterocycles. The minimum Gasteiger partial charge on any atom is -0.369 e. The molecule has 0 N–H and O–H groups in total. The van der Waals surface area contributed by atoms with E-state index in [0.717, 1.165) is 10.1 Å². The highest BCUT2D eigenvalue weighted by atomic mass is 79.9. The van der Waals surface area contributed by atoms with Crippen LogP contribution in [0.1, 0.15) is 0 Å². The highest BCUT2D eigenvalue weighted by Gasteiger charge is 2.04. The number of aliphatic imine (C=N–C) groups is 1. The minimum absolute atomic E-state index is 0.657. The van der Waals surface area contributed by atoms with Crippen LogP contribution in [-0.4, -0.2) is 39.9 Å². The van der Waals surface area contributed by atoms with Gasteiger partial charge in [-0.15, -0.1) is 0 Å². The van der Waals surface area contributed by atoms with Crippen molar-refractivity contribution in [3.05, 3.63) is 23.1 Å². The van der Waals surface area contributed by atoms with Crippen LogP contribution in [0.3, 0.4) is 0 Å².